The summed E-state index contributed by atoms with van der Waals surface area (Å²) in [5, 5.41) is 18.1. The van der Waals surface area contributed by atoms with Crippen LogP contribution in [-0.4, -0.2) is 39.3 Å². The molecule has 1 unspecified atom stereocenters. The minimum absolute atomic E-state index is 0.101. The maximum Gasteiger partial charge on any atom is 0.273 e. The molecule has 1 amide bonds. The van der Waals surface area contributed by atoms with Gasteiger partial charge in [0.15, 0.2) is 11.5 Å². The van der Waals surface area contributed by atoms with Gasteiger partial charge in [0.05, 0.1) is 32.1 Å². The lowest BCUT2D eigenvalue weighted by molar-refractivity contribution is 0.0716. The average Bonchev–Trinajstić information content (AvgIpc) is 3.60. The average molecular weight is 488 g/mol. The van der Waals surface area contributed by atoms with E-state index in [0.29, 0.717) is 53.0 Å². The molecule has 186 valence electrons. The molecule has 2 N–H and O–H groups in total. The van der Waals surface area contributed by atoms with Crippen LogP contribution < -0.4 is 9.47 Å². The van der Waals surface area contributed by atoms with E-state index in [9.17, 15) is 9.90 Å². The summed E-state index contributed by atoms with van der Waals surface area (Å²) in [6.45, 7) is 7.25. The number of phenolic OH excluding ortho intramolecular Hbond substituents is 1. The predicted molar refractivity (Wildman–Crippen MR) is 134 cm³/mol. The van der Waals surface area contributed by atoms with Crippen molar-refractivity contribution in [2.24, 2.45) is 0 Å². The highest BCUT2D eigenvalue weighted by atomic mass is 16.5. The molecular formula is C28H29N3O5. The van der Waals surface area contributed by atoms with Crippen molar-refractivity contribution in [3.05, 3.63) is 82.9 Å². The molecule has 0 spiro atoms. The zero-order valence-corrected chi connectivity index (χ0v) is 20.6. The first-order valence-electron chi connectivity index (χ1n) is 12.1. The number of benzene rings is 2. The second-order valence-electron chi connectivity index (χ2n) is 8.78. The van der Waals surface area contributed by atoms with Crippen LogP contribution in [0.4, 0.5) is 0 Å². The summed E-state index contributed by atoms with van der Waals surface area (Å²) in [5.74, 6) is 1.85. The quantitative estimate of drug-likeness (QED) is 0.318. The highest BCUT2D eigenvalue weighted by molar-refractivity contribution is 6.00. The number of amides is 1. The lowest BCUT2D eigenvalue weighted by Crippen LogP contribution is -2.29. The van der Waals surface area contributed by atoms with E-state index in [4.69, 9.17) is 13.9 Å². The maximum atomic E-state index is 13.6. The van der Waals surface area contributed by atoms with Gasteiger partial charge in [0.1, 0.15) is 22.9 Å². The molecule has 2 aromatic heterocycles. The molecule has 1 aliphatic heterocycles. The van der Waals surface area contributed by atoms with Gasteiger partial charge in [0.2, 0.25) is 0 Å². The molecule has 36 heavy (non-hydrogen) atoms. The summed E-state index contributed by atoms with van der Waals surface area (Å²) >= 11 is 0. The van der Waals surface area contributed by atoms with Crippen molar-refractivity contribution in [2.45, 2.75) is 39.8 Å². The third-order valence-corrected chi connectivity index (χ3v) is 6.22. The Morgan fingerprint density at radius 2 is 1.97 bits per heavy atom. The summed E-state index contributed by atoms with van der Waals surface area (Å²) < 4.78 is 17.4. The molecule has 0 radical (unpaired) electrons. The molecular weight excluding hydrogens is 458 g/mol. The number of phenols is 1. The van der Waals surface area contributed by atoms with E-state index < -0.39 is 6.04 Å². The lowest BCUT2D eigenvalue weighted by atomic mass is 9.94. The van der Waals surface area contributed by atoms with Crippen molar-refractivity contribution < 1.29 is 23.8 Å². The van der Waals surface area contributed by atoms with E-state index >= 15 is 0 Å². The first-order chi connectivity index (χ1) is 17.5. The Bertz CT molecular complexity index is 1380. The molecule has 8 heteroatoms. The van der Waals surface area contributed by atoms with Crippen LogP contribution in [0.1, 0.15) is 59.2 Å². The van der Waals surface area contributed by atoms with E-state index in [-0.39, 0.29) is 18.2 Å². The molecule has 1 aliphatic rings. The maximum absolute atomic E-state index is 13.6. The molecule has 0 fully saturated rings. The fourth-order valence-corrected chi connectivity index (χ4v) is 4.62. The summed E-state index contributed by atoms with van der Waals surface area (Å²) in [6.07, 6.45) is 2.47. The van der Waals surface area contributed by atoms with Crippen molar-refractivity contribution in [3.63, 3.8) is 0 Å². The van der Waals surface area contributed by atoms with Gasteiger partial charge >= 0.3 is 0 Å². The SMILES string of the molecule is CCCOc1ccc(C2c3c(-c4cc(C)ccc4O)n[nH]c3C(=O)N2Cc2ccco2)cc1OCC. The first-order valence-corrected chi connectivity index (χ1v) is 12.1. The topological polar surface area (TPSA) is 101 Å². The predicted octanol–water partition coefficient (Wildman–Crippen LogP) is 5.62. The smallest absolute Gasteiger partial charge is 0.273 e. The van der Waals surface area contributed by atoms with Crippen LogP contribution in [0.25, 0.3) is 11.3 Å². The van der Waals surface area contributed by atoms with Gasteiger partial charge in [-0.25, -0.2) is 0 Å². The van der Waals surface area contributed by atoms with E-state index in [1.165, 1.54) is 0 Å². The third-order valence-electron chi connectivity index (χ3n) is 6.22. The molecule has 0 saturated carbocycles. The van der Waals surface area contributed by atoms with E-state index in [2.05, 4.69) is 10.2 Å². The van der Waals surface area contributed by atoms with Gasteiger partial charge in [-0.3, -0.25) is 9.89 Å². The monoisotopic (exact) mass is 487 g/mol. The summed E-state index contributed by atoms with van der Waals surface area (Å²) in [6, 6.07) is 14.3. The molecule has 3 heterocycles. The Balaban J connectivity index is 1.66. The molecule has 2 aromatic carbocycles. The van der Waals surface area contributed by atoms with Crippen LogP contribution in [0.2, 0.25) is 0 Å². The number of furan rings is 1. The number of carbonyl (C=O) groups is 1. The van der Waals surface area contributed by atoms with Gasteiger partial charge in [0, 0.05) is 11.1 Å². The highest BCUT2D eigenvalue weighted by Gasteiger charge is 2.43. The minimum Gasteiger partial charge on any atom is -0.507 e. The molecule has 0 aliphatic carbocycles. The molecule has 0 bridgehead atoms. The number of nitrogens with zero attached hydrogens (tertiary/aromatic N) is 2. The number of aromatic amines is 1. The van der Waals surface area contributed by atoms with Gasteiger partial charge in [-0.2, -0.15) is 5.10 Å². The zero-order valence-electron chi connectivity index (χ0n) is 20.6. The molecule has 1 atom stereocenters. The van der Waals surface area contributed by atoms with Crippen molar-refractivity contribution in [1.82, 2.24) is 15.1 Å². The number of H-pyrrole nitrogens is 1. The van der Waals surface area contributed by atoms with Gasteiger partial charge in [-0.15, -0.1) is 0 Å². The number of rotatable bonds is 9. The number of nitrogens with one attached hydrogen (secondary N) is 1. The molecule has 0 saturated heterocycles. The Kier molecular flexibility index (Phi) is 6.41. The van der Waals surface area contributed by atoms with Crippen LogP contribution in [0.3, 0.4) is 0 Å². The van der Waals surface area contributed by atoms with Gasteiger partial charge in [-0.05, 0) is 62.2 Å². The third kappa shape index (κ3) is 4.19. The highest BCUT2D eigenvalue weighted by Crippen LogP contribution is 2.46. The fourth-order valence-electron chi connectivity index (χ4n) is 4.62. The molecule has 4 aromatic rings. The van der Waals surface area contributed by atoms with Crippen molar-refractivity contribution in [2.75, 3.05) is 13.2 Å². The van der Waals surface area contributed by atoms with Crippen LogP contribution in [-0.2, 0) is 6.54 Å². The van der Waals surface area contributed by atoms with Crippen LogP contribution >= 0.6 is 0 Å². The molecule has 8 nitrogen and oxygen atoms in total. The molecule has 5 rings (SSSR count). The standard InChI is InChI=1S/C28H29N3O5/c1-4-12-36-22-11-9-18(15-23(22)34-5-2)27-24-25(20-14-17(3)8-10-21(20)32)29-30-26(24)28(33)31(27)16-19-7-6-13-35-19/h6-11,13-15,27,32H,4-5,12,16H2,1-3H3,(H,29,30). The van der Waals surface area contributed by atoms with Crippen LogP contribution in [0.15, 0.2) is 59.2 Å². The van der Waals surface area contributed by atoms with Crippen molar-refractivity contribution in [1.29, 1.82) is 0 Å². The Morgan fingerprint density at radius 3 is 2.72 bits per heavy atom. The van der Waals surface area contributed by atoms with Crippen LogP contribution in [0.5, 0.6) is 17.2 Å². The first kappa shape index (κ1) is 23.5. The van der Waals surface area contributed by atoms with Gasteiger partial charge in [0.25, 0.3) is 5.91 Å². The lowest BCUT2D eigenvalue weighted by Gasteiger charge is -2.26. The van der Waals surface area contributed by atoms with E-state index in [1.807, 2.05) is 57.2 Å². The Hall–Kier alpha value is -4.20. The van der Waals surface area contributed by atoms with Crippen molar-refractivity contribution >= 4 is 5.91 Å². The fraction of sp³-hybridized carbons (Fsp3) is 0.286. The number of carbonyl (C=O) groups excluding carboxylic acids is 1. The zero-order chi connectivity index (χ0) is 25.2. The van der Waals surface area contributed by atoms with Gasteiger partial charge < -0.3 is 23.9 Å². The number of ether oxygens (including phenoxy) is 2. The summed E-state index contributed by atoms with van der Waals surface area (Å²) in [4.78, 5) is 15.4. The summed E-state index contributed by atoms with van der Waals surface area (Å²) in [5.41, 5.74) is 4.03. The second-order valence-corrected chi connectivity index (χ2v) is 8.78. The van der Waals surface area contributed by atoms with Crippen molar-refractivity contribution in [3.8, 4) is 28.5 Å². The number of hydrogen-bond donors (Lipinski definition) is 2. The number of hydrogen-bond acceptors (Lipinski definition) is 6. The Labute approximate surface area is 209 Å². The summed E-state index contributed by atoms with van der Waals surface area (Å²) in [7, 11) is 0. The van der Waals surface area contributed by atoms with E-state index in [1.54, 1.807) is 23.3 Å². The number of aromatic nitrogens is 2. The number of fused-ring (bicyclic) bond motifs is 1. The number of aromatic hydroxyl groups is 1. The largest absolute Gasteiger partial charge is 0.507 e. The minimum atomic E-state index is -0.481. The normalized spacial score (nSPS) is 14.8. The van der Waals surface area contributed by atoms with Gasteiger partial charge in [-0.1, -0.05) is 24.6 Å². The second kappa shape index (κ2) is 9.81. The number of aryl methyl sites for hydroxylation is 1. The van der Waals surface area contributed by atoms with E-state index in [0.717, 1.165) is 17.5 Å². The van der Waals surface area contributed by atoms with Crippen LogP contribution in [0, 0.1) is 6.92 Å². The Morgan fingerprint density at radius 1 is 1.11 bits per heavy atom.